The van der Waals surface area contributed by atoms with E-state index in [1.807, 2.05) is 6.07 Å². The second-order valence-electron chi connectivity index (χ2n) is 4.88. The number of hydrogen-bond acceptors (Lipinski definition) is 4. The highest BCUT2D eigenvalue weighted by molar-refractivity contribution is 5.66. The van der Waals surface area contributed by atoms with E-state index in [0.29, 0.717) is 5.92 Å². The summed E-state index contributed by atoms with van der Waals surface area (Å²) in [6.45, 7) is 2.90. The van der Waals surface area contributed by atoms with E-state index in [1.54, 1.807) is 12.5 Å². The van der Waals surface area contributed by atoms with Crippen molar-refractivity contribution in [1.82, 2.24) is 14.9 Å². The SMILES string of the molecule is O=C(O)CCC1CCCN(Cc2ccncn2)C1. The lowest BCUT2D eigenvalue weighted by Crippen LogP contribution is -2.35. The van der Waals surface area contributed by atoms with Gasteiger partial charge >= 0.3 is 5.97 Å². The summed E-state index contributed by atoms with van der Waals surface area (Å²) in [5, 5.41) is 8.71. The van der Waals surface area contributed by atoms with Gasteiger partial charge in [0.2, 0.25) is 0 Å². The molecule has 1 aliphatic heterocycles. The van der Waals surface area contributed by atoms with Crippen molar-refractivity contribution in [2.45, 2.75) is 32.2 Å². The second-order valence-corrected chi connectivity index (χ2v) is 4.88. The molecule has 18 heavy (non-hydrogen) atoms. The predicted octanol–water partition coefficient (Wildman–Crippen LogP) is 1.55. The van der Waals surface area contributed by atoms with Crippen LogP contribution in [0, 0.1) is 5.92 Å². The van der Waals surface area contributed by atoms with Crippen LogP contribution >= 0.6 is 0 Å². The van der Waals surface area contributed by atoms with Gasteiger partial charge in [0.05, 0.1) is 5.69 Å². The third kappa shape index (κ3) is 4.07. The Hall–Kier alpha value is -1.49. The van der Waals surface area contributed by atoms with Crippen LogP contribution in [0.3, 0.4) is 0 Å². The number of aromatic nitrogens is 2. The second kappa shape index (κ2) is 6.44. The van der Waals surface area contributed by atoms with E-state index in [9.17, 15) is 4.79 Å². The molecule has 1 N–H and O–H groups in total. The van der Waals surface area contributed by atoms with Crippen molar-refractivity contribution in [3.8, 4) is 0 Å². The predicted molar refractivity (Wildman–Crippen MR) is 66.9 cm³/mol. The molecule has 0 aromatic carbocycles. The molecule has 0 saturated carbocycles. The Balaban J connectivity index is 1.81. The van der Waals surface area contributed by atoms with Gasteiger partial charge in [-0.25, -0.2) is 9.97 Å². The van der Waals surface area contributed by atoms with Crippen molar-refractivity contribution in [3.63, 3.8) is 0 Å². The van der Waals surface area contributed by atoms with Gasteiger partial charge < -0.3 is 5.11 Å². The molecule has 1 aromatic heterocycles. The lowest BCUT2D eigenvalue weighted by molar-refractivity contribution is -0.137. The lowest BCUT2D eigenvalue weighted by Gasteiger charge is -2.32. The summed E-state index contributed by atoms with van der Waals surface area (Å²) in [6, 6.07) is 1.93. The maximum absolute atomic E-state index is 10.6. The van der Waals surface area contributed by atoms with Gasteiger partial charge in [-0.3, -0.25) is 9.69 Å². The number of carboxylic acids is 1. The minimum atomic E-state index is -0.692. The van der Waals surface area contributed by atoms with Crippen molar-refractivity contribution in [2.75, 3.05) is 13.1 Å². The van der Waals surface area contributed by atoms with Gasteiger partial charge in [0.25, 0.3) is 0 Å². The third-order valence-electron chi connectivity index (χ3n) is 3.40. The highest BCUT2D eigenvalue weighted by Gasteiger charge is 2.20. The standard InChI is InChI=1S/C13H19N3O2/c17-13(18)4-3-11-2-1-7-16(8-11)9-12-5-6-14-10-15-12/h5-6,10-11H,1-4,7-9H2,(H,17,18). The lowest BCUT2D eigenvalue weighted by atomic mass is 9.93. The molecule has 1 fully saturated rings. The number of hydrogen-bond donors (Lipinski definition) is 1. The molecule has 1 atom stereocenters. The Bertz CT molecular complexity index is 383. The molecule has 1 aliphatic rings. The Kier molecular flexibility index (Phi) is 4.64. The van der Waals surface area contributed by atoms with Gasteiger partial charge in [-0.1, -0.05) is 0 Å². The zero-order chi connectivity index (χ0) is 12.8. The first kappa shape index (κ1) is 13.0. The van der Waals surface area contributed by atoms with Crippen LogP contribution in [0.2, 0.25) is 0 Å². The van der Waals surface area contributed by atoms with Gasteiger partial charge in [-0.15, -0.1) is 0 Å². The zero-order valence-electron chi connectivity index (χ0n) is 10.5. The first-order valence-electron chi connectivity index (χ1n) is 6.43. The van der Waals surface area contributed by atoms with Crippen LogP contribution in [0.15, 0.2) is 18.6 Å². The summed E-state index contributed by atoms with van der Waals surface area (Å²) in [5.41, 5.74) is 1.03. The summed E-state index contributed by atoms with van der Waals surface area (Å²) < 4.78 is 0. The van der Waals surface area contributed by atoms with Crippen LogP contribution in [-0.4, -0.2) is 39.0 Å². The van der Waals surface area contributed by atoms with Crippen LogP contribution in [0.4, 0.5) is 0 Å². The minimum absolute atomic E-state index is 0.284. The van der Waals surface area contributed by atoms with E-state index in [2.05, 4.69) is 14.9 Å². The number of aliphatic carboxylic acids is 1. The zero-order valence-corrected chi connectivity index (χ0v) is 10.5. The van der Waals surface area contributed by atoms with E-state index >= 15 is 0 Å². The molecule has 0 aliphatic carbocycles. The smallest absolute Gasteiger partial charge is 0.303 e. The van der Waals surface area contributed by atoms with E-state index in [1.165, 1.54) is 0 Å². The van der Waals surface area contributed by atoms with Gasteiger partial charge in [0.15, 0.2) is 0 Å². The molecule has 0 bridgehead atoms. The fourth-order valence-corrected chi connectivity index (χ4v) is 2.50. The molecule has 0 spiro atoms. The molecule has 1 aromatic rings. The molecule has 98 valence electrons. The summed E-state index contributed by atoms with van der Waals surface area (Å²) >= 11 is 0. The number of nitrogens with zero attached hydrogens (tertiary/aromatic N) is 3. The van der Waals surface area contributed by atoms with Crippen molar-refractivity contribution in [3.05, 3.63) is 24.3 Å². The fraction of sp³-hybridized carbons (Fsp3) is 0.615. The Morgan fingerprint density at radius 1 is 1.56 bits per heavy atom. The quantitative estimate of drug-likeness (QED) is 0.857. The Labute approximate surface area is 107 Å². The van der Waals surface area contributed by atoms with E-state index < -0.39 is 5.97 Å². The van der Waals surface area contributed by atoms with Gasteiger partial charge in [0, 0.05) is 25.7 Å². The average Bonchev–Trinajstić information content (AvgIpc) is 2.38. The number of carboxylic acid groups (broad SMARTS) is 1. The van der Waals surface area contributed by atoms with Crippen molar-refractivity contribution < 1.29 is 9.90 Å². The Morgan fingerprint density at radius 2 is 2.44 bits per heavy atom. The molecule has 1 unspecified atom stereocenters. The third-order valence-corrected chi connectivity index (χ3v) is 3.40. The molecule has 2 heterocycles. The topological polar surface area (TPSA) is 66.3 Å². The van der Waals surface area contributed by atoms with Crippen molar-refractivity contribution in [1.29, 1.82) is 0 Å². The van der Waals surface area contributed by atoms with Crippen LogP contribution in [0.5, 0.6) is 0 Å². The van der Waals surface area contributed by atoms with Crippen LogP contribution in [0.1, 0.15) is 31.4 Å². The molecule has 0 radical (unpaired) electrons. The summed E-state index contributed by atoms with van der Waals surface area (Å²) in [6.07, 6.45) is 6.69. The first-order valence-corrected chi connectivity index (χ1v) is 6.43. The maximum atomic E-state index is 10.6. The first-order chi connectivity index (χ1) is 8.74. The van der Waals surface area contributed by atoms with Crippen LogP contribution in [-0.2, 0) is 11.3 Å². The summed E-state index contributed by atoms with van der Waals surface area (Å²) in [5.74, 6) is -0.181. The Morgan fingerprint density at radius 3 is 3.17 bits per heavy atom. The van der Waals surface area contributed by atoms with Gasteiger partial charge in [0.1, 0.15) is 6.33 Å². The summed E-state index contributed by atoms with van der Waals surface area (Å²) in [7, 11) is 0. The van der Waals surface area contributed by atoms with Crippen molar-refractivity contribution >= 4 is 5.97 Å². The van der Waals surface area contributed by atoms with Gasteiger partial charge in [-0.05, 0) is 37.8 Å². The van der Waals surface area contributed by atoms with E-state index in [-0.39, 0.29) is 6.42 Å². The largest absolute Gasteiger partial charge is 0.481 e. The molecule has 1 saturated heterocycles. The average molecular weight is 249 g/mol. The molecule has 5 nitrogen and oxygen atoms in total. The number of carbonyl (C=O) groups is 1. The number of likely N-dealkylation sites (tertiary alicyclic amines) is 1. The maximum Gasteiger partial charge on any atom is 0.303 e. The fourth-order valence-electron chi connectivity index (χ4n) is 2.50. The molecular weight excluding hydrogens is 230 g/mol. The van der Waals surface area contributed by atoms with Crippen LogP contribution < -0.4 is 0 Å². The van der Waals surface area contributed by atoms with E-state index in [0.717, 1.165) is 44.6 Å². The molecular formula is C13H19N3O2. The monoisotopic (exact) mass is 249 g/mol. The molecule has 5 heteroatoms. The van der Waals surface area contributed by atoms with Crippen LogP contribution in [0.25, 0.3) is 0 Å². The minimum Gasteiger partial charge on any atom is -0.481 e. The highest BCUT2D eigenvalue weighted by atomic mass is 16.4. The highest BCUT2D eigenvalue weighted by Crippen LogP contribution is 2.21. The molecule has 0 amide bonds. The number of rotatable bonds is 5. The normalized spacial score (nSPS) is 20.8. The molecule has 2 rings (SSSR count). The van der Waals surface area contributed by atoms with E-state index in [4.69, 9.17) is 5.11 Å². The number of piperidine rings is 1. The summed E-state index contributed by atoms with van der Waals surface area (Å²) in [4.78, 5) is 21.1. The van der Waals surface area contributed by atoms with Crippen molar-refractivity contribution in [2.24, 2.45) is 5.92 Å². The van der Waals surface area contributed by atoms with Gasteiger partial charge in [-0.2, -0.15) is 0 Å².